The van der Waals surface area contributed by atoms with Crippen LogP contribution in [0.5, 0.6) is 0 Å². The zero-order valence-corrected chi connectivity index (χ0v) is 19.5. The second-order valence-electron chi connectivity index (χ2n) is 6.36. The van der Waals surface area contributed by atoms with Crippen LogP contribution in [0.1, 0.15) is 16.3 Å². The molecule has 1 aromatic carbocycles. The number of benzene rings is 1. The zero-order valence-electron chi connectivity index (χ0n) is 16.4. The number of thiophene rings is 1. The second-order valence-corrected chi connectivity index (χ2v) is 8.65. The number of anilines is 2. The highest BCUT2D eigenvalue weighted by Gasteiger charge is 2.09. The van der Waals surface area contributed by atoms with E-state index < -0.39 is 0 Å². The van der Waals surface area contributed by atoms with Gasteiger partial charge in [0.2, 0.25) is 11.9 Å². The molecule has 6 nitrogen and oxygen atoms in total. The molecule has 2 aromatic heterocycles. The number of guanidine groups is 1. The van der Waals surface area contributed by atoms with Crippen molar-refractivity contribution in [2.75, 3.05) is 17.2 Å². The van der Waals surface area contributed by atoms with Crippen LogP contribution in [-0.2, 0) is 6.42 Å². The summed E-state index contributed by atoms with van der Waals surface area (Å²) >= 11 is 19.3. The van der Waals surface area contributed by atoms with Gasteiger partial charge in [-0.05, 0) is 61.8 Å². The molecule has 0 saturated heterocycles. The van der Waals surface area contributed by atoms with E-state index in [1.165, 1.54) is 4.88 Å². The first-order chi connectivity index (χ1) is 14.4. The van der Waals surface area contributed by atoms with Gasteiger partial charge < -0.3 is 10.6 Å². The molecule has 0 aliphatic carbocycles. The van der Waals surface area contributed by atoms with Crippen LogP contribution in [0.15, 0.2) is 46.8 Å². The number of hydrogen-bond acceptors (Lipinski definition) is 5. The summed E-state index contributed by atoms with van der Waals surface area (Å²) in [7, 11) is 0. The first-order valence-electron chi connectivity index (χ1n) is 9.08. The van der Waals surface area contributed by atoms with Gasteiger partial charge in [0.05, 0.1) is 10.7 Å². The van der Waals surface area contributed by atoms with Crippen molar-refractivity contribution in [1.29, 1.82) is 0 Å². The number of nitrogens with one attached hydrogen (secondary N) is 3. The number of aryl methyl sites for hydroxylation is 2. The van der Waals surface area contributed by atoms with Crippen molar-refractivity contribution < 1.29 is 0 Å². The number of thiocarbonyl (C=S) groups is 1. The summed E-state index contributed by atoms with van der Waals surface area (Å²) in [6.07, 6.45) is 0.821. The van der Waals surface area contributed by atoms with Gasteiger partial charge >= 0.3 is 0 Å². The van der Waals surface area contributed by atoms with Crippen LogP contribution >= 0.6 is 46.8 Å². The summed E-state index contributed by atoms with van der Waals surface area (Å²) in [5, 5.41) is 12.6. The fourth-order valence-corrected chi connectivity index (χ4v) is 3.94. The smallest absolute Gasteiger partial charge is 0.229 e. The van der Waals surface area contributed by atoms with Gasteiger partial charge in [0, 0.05) is 34.3 Å². The quantitative estimate of drug-likeness (QED) is 0.257. The molecule has 2 heterocycles. The molecule has 0 aliphatic rings. The van der Waals surface area contributed by atoms with E-state index in [1.54, 1.807) is 29.5 Å². The lowest BCUT2D eigenvalue weighted by atomic mass is 10.3. The first kappa shape index (κ1) is 22.4. The molecule has 0 spiro atoms. The Morgan fingerprint density at radius 1 is 1.10 bits per heavy atom. The van der Waals surface area contributed by atoms with Crippen molar-refractivity contribution in [3.63, 3.8) is 0 Å². The number of nitrogens with zero attached hydrogens (tertiary/aromatic N) is 3. The summed E-state index contributed by atoms with van der Waals surface area (Å²) in [5.74, 6) is 0.890. The van der Waals surface area contributed by atoms with Gasteiger partial charge in [-0.3, -0.25) is 10.3 Å². The van der Waals surface area contributed by atoms with E-state index in [-0.39, 0.29) is 0 Å². The Labute approximate surface area is 194 Å². The van der Waals surface area contributed by atoms with Crippen molar-refractivity contribution in [3.05, 3.63) is 68.1 Å². The van der Waals surface area contributed by atoms with Crippen molar-refractivity contribution >= 4 is 69.5 Å². The molecule has 0 radical (unpaired) electrons. The third-order valence-corrected chi connectivity index (χ3v) is 5.52. The summed E-state index contributed by atoms with van der Waals surface area (Å²) in [6, 6.07) is 11.2. The number of aromatic nitrogens is 2. The van der Waals surface area contributed by atoms with E-state index in [1.807, 2.05) is 26.0 Å². The lowest BCUT2D eigenvalue weighted by molar-refractivity contribution is 0.973. The SMILES string of the molecule is Cc1cc(C)nc(NC(=NCCc2cccs2)NC(=S)Nc2ccc(Cl)cc2Cl)n1. The molecule has 156 valence electrons. The molecular weight excluding hydrogens is 459 g/mol. The highest BCUT2D eigenvalue weighted by atomic mass is 35.5. The Balaban J connectivity index is 1.72. The average molecular weight is 479 g/mol. The topological polar surface area (TPSA) is 74.2 Å². The Hall–Kier alpha value is -2.26. The summed E-state index contributed by atoms with van der Waals surface area (Å²) in [4.78, 5) is 14.7. The Bertz CT molecular complexity index is 1030. The minimum atomic E-state index is 0.325. The molecule has 0 amide bonds. The van der Waals surface area contributed by atoms with Gasteiger partial charge in [0.25, 0.3) is 0 Å². The van der Waals surface area contributed by atoms with Gasteiger partial charge in [-0.2, -0.15) is 0 Å². The standard InChI is InChI=1S/C20H20Cl2N6S2/c1-12-10-13(2)25-19(24-12)27-18(23-8-7-15-4-3-9-30-15)28-20(29)26-17-6-5-14(21)11-16(17)22/h3-6,9-11H,7-8H2,1-2H3,(H3,23,24,25,26,27,28,29). The molecule has 0 bridgehead atoms. The fraction of sp³-hybridized carbons (Fsp3) is 0.200. The van der Waals surface area contributed by atoms with E-state index in [2.05, 4.69) is 42.4 Å². The Morgan fingerprint density at radius 3 is 2.53 bits per heavy atom. The van der Waals surface area contributed by atoms with Crippen LogP contribution in [0.4, 0.5) is 11.6 Å². The molecule has 0 unspecified atom stereocenters. The predicted octanol–water partition coefficient (Wildman–Crippen LogP) is 5.46. The van der Waals surface area contributed by atoms with Crippen LogP contribution < -0.4 is 16.0 Å². The highest BCUT2D eigenvalue weighted by molar-refractivity contribution is 7.80. The summed E-state index contributed by atoms with van der Waals surface area (Å²) in [5.41, 5.74) is 2.35. The normalized spacial score (nSPS) is 11.3. The molecule has 0 fully saturated rings. The number of aliphatic imine (C=N–C) groups is 1. The van der Waals surface area contributed by atoms with Crippen LogP contribution in [0, 0.1) is 13.8 Å². The lowest BCUT2D eigenvalue weighted by Gasteiger charge is -2.15. The van der Waals surface area contributed by atoms with E-state index in [4.69, 9.17) is 35.4 Å². The molecule has 0 saturated carbocycles. The Morgan fingerprint density at radius 2 is 1.87 bits per heavy atom. The van der Waals surface area contributed by atoms with Crippen LogP contribution in [0.3, 0.4) is 0 Å². The maximum absolute atomic E-state index is 6.22. The number of hydrogen-bond donors (Lipinski definition) is 3. The van der Waals surface area contributed by atoms with Gasteiger partial charge in [-0.15, -0.1) is 11.3 Å². The molecule has 10 heteroatoms. The van der Waals surface area contributed by atoms with E-state index in [9.17, 15) is 0 Å². The molecule has 3 aromatic rings. The van der Waals surface area contributed by atoms with Crippen LogP contribution in [0.2, 0.25) is 10.0 Å². The third kappa shape index (κ3) is 6.91. The average Bonchev–Trinajstić information content (AvgIpc) is 3.16. The monoisotopic (exact) mass is 478 g/mol. The molecule has 0 atom stereocenters. The minimum Gasteiger partial charge on any atom is -0.331 e. The highest BCUT2D eigenvalue weighted by Crippen LogP contribution is 2.25. The Kier molecular flexibility index (Phi) is 7.98. The predicted molar refractivity (Wildman–Crippen MR) is 131 cm³/mol. The largest absolute Gasteiger partial charge is 0.331 e. The first-order valence-corrected chi connectivity index (χ1v) is 11.1. The number of halogens is 2. The minimum absolute atomic E-state index is 0.325. The second kappa shape index (κ2) is 10.7. The van der Waals surface area contributed by atoms with Crippen molar-refractivity contribution in [2.45, 2.75) is 20.3 Å². The van der Waals surface area contributed by atoms with Crippen molar-refractivity contribution in [3.8, 4) is 0 Å². The van der Waals surface area contributed by atoms with Crippen molar-refractivity contribution in [2.24, 2.45) is 4.99 Å². The van der Waals surface area contributed by atoms with E-state index in [0.717, 1.165) is 17.8 Å². The summed E-state index contributed by atoms with van der Waals surface area (Å²) in [6.45, 7) is 4.40. The molecule has 3 rings (SSSR count). The van der Waals surface area contributed by atoms with Gasteiger partial charge in [0.1, 0.15) is 0 Å². The molecule has 30 heavy (non-hydrogen) atoms. The fourth-order valence-electron chi connectivity index (χ4n) is 2.58. The lowest BCUT2D eigenvalue weighted by Crippen LogP contribution is -2.39. The maximum atomic E-state index is 6.22. The zero-order chi connectivity index (χ0) is 21.5. The summed E-state index contributed by atoms with van der Waals surface area (Å²) < 4.78 is 0. The van der Waals surface area contributed by atoms with Crippen LogP contribution in [-0.4, -0.2) is 27.6 Å². The molecule has 0 aliphatic heterocycles. The van der Waals surface area contributed by atoms with Crippen molar-refractivity contribution in [1.82, 2.24) is 15.3 Å². The third-order valence-electron chi connectivity index (χ3n) is 3.83. The molecule has 3 N–H and O–H groups in total. The number of rotatable bonds is 5. The van der Waals surface area contributed by atoms with Crippen LogP contribution in [0.25, 0.3) is 0 Å². The molecular formula is C20H20Cl2N6S2. The van der Waals surface area contributed by atoms with Gasteiger partial charge in [0.15, 0.2) is 5.11 Å². The van der Waals surface area contributed by atoms with E-state index >= 15 is 0 Å². The van der Waals surface area contributed by atoms with Gasteiger partial charge in [-0.25, -0.2) is 9.97 Å². The maximum Gasteiger partial charge on any atom is 0.229 e. The van der Waals surface area contributed by atoms with Gasteiger partial charge in [-0.1, -0.05) is 29.3 Å². The van der Waals surface area contributed by atoms with E-state index in [0.29, 0.717) is 39.3 Å².